The van der Waals surface area contributed by atoms with Crippen molar-refractivity contribution in [3.63, 3.8) is 0 Å². The molecule has 21 heavy (non-hydrogen) atoms. The molecular formula is C17H26N2O2. The van der Waals surface area contributed by atoms with Gasteiger partial charge in [-0.15, -0.1) is 0 Å². The zero-order valence-electron chi connectivity index (χ0n) is 12.9. The van der Waals surface area contributed by atoms with Gasteiger partial charge in [0.2, 0.25) is 5.91 Å². The average Bonchev–Trinajstić information content (AvgIpc) is 2.54. The zero-order chi connectivity index (χ0) is 15.1. The number of hydrogen-bond acceptors (Lipinski definition) is 3. The van der Waals surface area contributed by atoms with Crippen molar-refractivity contribution in [1.82, 2.24) is 5.32 Å². The third-order valence-electron chi connectivity index (χ3n) is 4.53. The lowest BCUT2D eigenvalue weighted by atomic mass is 9.74. The van der Waals surface area contributed by atoms with Crippen LogP contribution in [0.2, 0.25) is 0 Å². The monoisotopic (exact) mass is 290 g/mol. The first-order valence-corrected chi connectivity index (χ1v) is 7.77. The van der Waals surface area contributed by atoms with Gasteiger partial charge in [0, 0.05) is 6.54 Å². The van der Waals surface area contributed by atoms with Crippen LogP contribution in [0.4, 0.5) is 0 Å². The second-order valence-corrected chi connectivity index (χ2v) is 6.07. The maximum absolute atomic E-state index is 12.1. The van der Waals surface area contributed by atoms with Crippen LogP contribution in [-0.4, -0.2) is 26.1 Å². The minimum absolute atomic E-state index is 0.0681. The van der Waals surface area contributed by atoms with Crippen LogP contribution in [0.15, 0.2) is 24.3 Å². The Kier molecular flexibility index (Phi) is 5.62. The molecule has 0 radical (unpaired) electrons. The molecule has 0 unspecified atom stereocenters. The first-order valence-electron chi connectivity index (χ1n) is 7.77. The fourth-order valence-corrected chi connectivity index (χ4v) is 3.03. The van der Waals surface area contributed by atoms with Gasteiger partial charge in [-0.1, -0.05) is 31.4 Å². The summed E-state index contributed by atoms with van der Waals surface area (Å²) in [6, 6.07) is 7.62. The van der Waals surface area contributed by atoms with E-state index in [9.17, 15) is 4.79 Å². The summed E-state index contributed by atoms with van der Waals surface area (Å²) < 4.78 is 5.11. The van der Waals surface area contributed by atoms with E-state index in [1.54, 1.807) is 7.11 Å². The lowest BCUT2D eigenvalue weighted by molar-refractivity contribution is -0.121. The van der Waals surface area contributed by atoms with Gasteiger partial charge in [-0.3, -0.25) is 4.79 Å². The Balaban J connectivity index is 1.83. The summed E-state index contributed by atoms with van der Waals surface area (Å²) in [7, 11) is 1.64. The second kappa shape index (κ2) is 7.46. The first kappa shape index (κ1) is 15.8. The summed E-state index contributed by atoms with van der Waals surface area (Å²) in [4.78, 5) is 12.1. The zero-order valence-corrected chi connectivity index (χ0v) is 12.9. The highest BCUT2D eigenvalue weighted by Gasteiger charge is 2.30. The number of ether oxygens (including phenoxy) is 1. The van der Waals surface area contributed by atoms with E-state index >= 15 is 0 Å². The lowest BCUT2D eigenvalue weighted by Gasteiger charge is -2.36. The van der Waals surface area contributed by atoms with Gasteiger partial charge in [-0.2, -0.15) is 0 Å². The van der Waals surface area contributed by atoms with Crippen LogP contribution in [0.1, 0.15) is 37.7 Å². The normalized spacial score (nSPS) is 17.2. The topological polar surface area (TPSA) is 64.3 Å². The highest BCUT2D eigenvalue weighted by Crippen LogP contribution is 2.34. The van der Waals surface area contributed by atoms with E-state index in [2.05, 4.69) is 5.32 Å². The predicted molar refractivity (Wildman–Crippen MR) is 84.3 cm³/mol. The number of nitrogens with one attached hydrogen (secondary N) is 1. The molecular weight excluding hydrogens is 264 g/mol. The van der Waals surface area contributed by atoms with Crippen molar-refractivity contribution in [3.05, 3.63) is 29.8 Å². The maximum Gasteiger partial charge on any atom is 0.224 e. The van der Waals surface area contributed by atoms with E-state index < -0.39 is 0 Å². The van der Waals surface area contributed by atoms with Crippen molar-refractivity contribution < 1.29 is 9.53 Å². The molecule has 0 aromatic heterocycles. The van der Waals surface area contributed by atoms with Gasteiger partial charge in [0.05, 0.1) is 13.5 Å². The minimum Gasteiger partial charge on any atom is -0.497 e. The molecule has 0 spiro atoms. The number of methoxy groups -OCH3 is 1. The predicted octanol–water partition coefficient (Wildman–Crippen LogP) is 2.26. The fraction of sp³-hybridized carbons (Fsp3) is 0.588. The van der Waals surface area contributed by atoms with Crippen molar-refractivity contribution in [1.29, 1.82) is 0 Å². The number of hydrogen-bond donors (Lipinski definition) is 2. The van der Waals surface area contributed by atoms with E-state index in [4.69, 9.17) is 10.5 Å². The molecule has 1 amide bonds. The average molecular weight is 290 g/mol. The highest BCUT2D eigenvalue weighted by molar-refractivity contribution is 5.78. The summed E-state index contributed by atoms with van der Waals surface area (Å²) in [6.07, 6.45) is 6.42. The van der Waals surface area contributed by atoms with Crippen molar-refractivity contribution in [3.8, 4) is 5.75 Å². The van der Waals surface area contributed by atoms with E-state index in [1.807, 2.05) is 24.3 Å². The molecule has 1 aliphatic rings. The van der Waals surface area contributed by atoms with Gasteiger partial charge in [-0.05, 0) is 42.5 Å². The summed E-state index contributed by atoms with van der Waals surface area (Å²) in [5, 5.41) is 3.07. The Bertz CT molecular complexity index is 450. The molecule has 1 aliphatic carbocycles. The number of amides is 1. The van der Waals surface area contributed by atoms with Gasteiger partial charge >= 0.3 is 0 Å². The minimum atomic E-state index is 0.0681. The molecule has 3 N–H and O–H groups in total. The van der Waals surface area contributed by atoms with Gasteiger partial charge < -0.3 is 15.8 Å². The van der Waals surface area contributed by atoms with Gasteiger partial charge in [0.1, 0.15) is 5.75 Å². The molecule has 116 valence electrons. The third kappa shape index (κ3) is 4.46. The van der Waals surface area contributed by atoms with Gasteiger partial charge in [-0.25, -0.2) is 0 Å². The van der Waals surface area contributed by atoms with E-state index in [0.717, 1.165) is 24.2 Å². The Morgan fingerprint density at radius 3 is 2.48 bits per heavy atom. The van der Waals surface area contributed by atoms with Crippen molar-refractivity contribution in [2.75, 3.05) is 20.2 Å². The molecule has 1 fully saturated rings. The standard InChI is InChI=1S/C17H26N2O2/c1-21-15-7-5-14(6-8-15)11-16(20)19-13-17(12-18)9-3-2-4-10-17/h5-8H,2-4,9-13,18H2,1H3,(H,19,20). The quantitative estimate of drug-likeness (QED) is 0.844. The molecule has 0 atom stereocenters. The second-order valence-electron chi connectivity index (χ2n) is 6.07. The fourth-order valence-electron chi connectivity index (χ4n) is 3.03. The van der Waals surface area contributed by atoms with Crippen LogP contribution in [0.25, 0.3) is 0 Å². The molecule has 0 saturated heterocycles. The van der Waals surface area contributed by atoms with Crippen molar-refractivity contribution >= 4 is 5.91 Å². The van der Waals surface area contributed by atoms with Crippen LogP contribution in [0, 0.1) is 5.41 Å². The summed E-state index contributed by atoms with van der Waals surface area (Å²) >= 11 is 0. The summed E-state index contributed by atoms with van der Waals surface area (Å²) in [5.74, 6) is 0.877. The Morgan fingerprint density at radius 2 is 1.90 bits per heavy atom. The Morgan fingerprint density at radius 1 is 1.24 bits per heavy atom. The van der Waals surface area contributed by atoms with Crippen LogP contribution in [-0.2, 0) is 11.2 Å². The maximum atomic E-state index is 12.1. The molecule has 2 rings (SSSR count). The highest BCUT2D eigenvalue weighted by atomic mass is 16.5. The summed E-state index contributed by atoms with van der Waals surface area (Å²) in [5.41, 5.74) is 7.06. The number of benzene rings is 1. The molecule has 1 aromatic rings. The number of rotatable bonds is 6. The number of nitrogens with two attached hydrogens (primary N) is 1. The van der Waals surface area contributed by atoms with Crippen molar-refractivity contribution in [2.24, 2.45) is 11.1 Å². The molecule has 0 aliphatic heterocycles. The van der Waals surface area contributed by atoms with Crippen LogP contribution >= 0.6 is 0 Å². The van der Waals surface area contributed by atoms with E-state index in [-0.39, 0.29) is 11.3 Å². The Labute approximate surface area is 127 Å². The summed E-state index contributed by atoms with van der Waals surface area (Å²) in [6.45, 7) is 1.37. The molecule has 4 heteroatoms. The largest absolute Gasteiger partial charge is 0.497 e. The third-order valence-corrected chi connectivity index (χ3v) is 4.53. The van der Waals surface area contributed by atoms with Crippen molar-refractivity contribution in [2.45, 2.75) is 38.5 Å². The molecule has 0 heterocycles. The van der Waals surface area contributed by atoms with Crippen LogP contribution < -0.4 is 15.8 Å². The van der Waals surface area contributed by atoms with E-state index in [1.165, 1.54) is 19.3 Å². The molecule has 4 nitrogen and oxygen atoms in total. The molecule has 0 bridgehead atoms. The van der Waals surface area contributed by atoms with Gasteiger partial charge in [0.25, 0.3) is 0 Å². The van der Waals surface area contributed by atoms with Crippen LogP contribution in [0.5, 0.6) is 5.75 Å². The van der Waals surface area contributed by atoms with Gasteiger partial charge in [0.15, 0.2) is 0 Å². The first-order chi connectivity index (χ1) is 10.2. The molecule has 1 saturated carbocycles. The van der Waals surface area contributed by atoms with Crippen LogP contribution in [0.3, 0.4) is 0 Å². The lowest BCUT2D eigenvalue weighted by Crippen LogP contribution is -2.44. The molecule has 1 aromatic carbocycles. The number of carbonyl (C=O) groups is 1. The van der Waals surface area contributed by atoms with E-state index in [0.29, 0.717) is 19.5 Å². The number of carbonyl (C=O) groups excluding carboxylic acids is 1. The smallest absolute Gasteiger partial charge is 0.224 e. The SMILES string of the molecule is COc1ccc(CC(=O)NCC2(CN)CCCCC2)cc1. The Hall–Kier alpha value is -1.55.